The maximum atomic E-state index is 5.21. The molecule has 20 aromatic carbocycles. The zero-order chi connectivity index (χ0) is 72.6. The topological polar surface area (TPSA) is 77.3 Å². The molecular formula is C104H64N6. The summed E-state index contributed by atoms with van der Waals surface area (Å²) in [6.45, 7) is 0. The normalized spacial score (nSPS) is 11.6. The summed E-state index contributed by atoms with van der Waals surface area (Å²) < 4.78 is 0. The minimum absolute atomic E-state index is 0.880. The Bertz CT molecular complexity index is 7560. The molecule has 0 aliphatic rings. The van der Waals surface area contributed by atoms with E-state index in [0.29, 0.717) is 0 Å². The molecular weight excluding hydrogens is 1330 g/mol. The second-order valence-corrected chi connectivity index (χ2v) is 28.3. The van der Waals surface area contributed by atoms with E-state index < -0.39 is 0 Å². The van der Waals surface area contributed by atoms with Crippen LogP contribution in [0, 0.1) is 0 Å². The van der Waals surface area contributed by atoms with E-state index in [1.807, 2.05) is 18.6 Å². The molecule has 6 heteroatoms. The fourth-order valence-corrected chi connectivity index (χ4v) is 16.7. The standard InChI is InChI=1S/2C36H22N2.C32H20N2/c1-2-13-26-24(10-1)21-33(30-17-4-3-14-27(26)30)23-11-9-12-25(20-23)34-22-37-35-31-18-7-5-15-28(31)29-16-6-8-19-32(29)36(35)38-34;1-2-10-26-25(9-1)21-33(30-14-4-3-11-27(26)30)23-17-19-24(20-18-23)34-22-37-35-31-15-7-5-12-28(31)29-13-6-8-16-32(29)36(35)38-34;1-2-8-24-19-25(18-15-21(24)7-1)22-13-16-23(17-14-22)30-20-33-31-28-11-5-3-9-26(28)27-10-4-6-12-29(27)32(31)34-30/h2*1-22H;1-20H. The SMILES string of the molecule is c1cc(-c2cnc3c4ccccc4c4ccccc4c3n2)cc(-c2cc3ccccc3c3ccccc23)c1.c1ccc2c(c1)cc(-c1ccc(-c3cnc4c5ccccc5c5ccccc5c4n3)cc1)c1ccccc12.c1ccc2cc(-c3ccc(-c4cnc5c6ccccc6c6ccccc6c5n4)cc3)ccc2c1. The third-order valence-electron chi connectivity index (χ3n) is 22.0. The molecule has 0 fully saturated rings. The summed E-state index contributed by atoms with van der Waals surface area (Å²) in [6.07, 6.45) is 5.72. The number of aromatic nitrogens is 6. The number of benzene rings is 20. The highest BCUT2D eigenvalue weighted by Crippen LogP contribution is 2.42. The van der Waals surface area contributed by atoms with Gasteiger partial charge in [-0.05, 0) is 144 Å². The molecule has 0 saturated carbocycles. The maximum Gasteiger partial charge on any atom is 0.0979 e. The van der Waals surface area contributed by atoms with Crippen LogP contribution in [0.15, 0.2) is 389 Å². The Morgan fingerprint density at radius 1 is 0.136 bits per heavy atom. The van der Waals surface area contributed by atoms with Crippen molar-refractivity contribution in [3.05, 3.63) is 389 Å². The molecule has 0 bridgehead atoms. The molecule has 6 nitrogen and oxygen atoms in total. The van der Waals surface area contributed by atoms with Gasteiger partial charge in [-0.15, -0.1) is 0 Å². The molecule has 0 saturated heterocycles. The van der Waals surface area contributed by atoms with E-state index >= 15 is 0 Å². The van der Waals surface area contributed by atoms with Gasteiger partial charge >= 0.3 is 0 Å². The lowest BCUT2D eigenvalue weighted by Crippen LogP contribution is -1.92. The predicted molar refractivity (Wildman–Crippen MR) is 464 cm³/mol. The highest BCUT2D eigenvalue weighted by atomic mass is 14.8. The highest BCUT2D eigenvalue weighted by molar-refractivity contribution is 6.26. The summed E-state index contributed by atoms with van der Waals surface area (Å²) in [7, 11) is 0. The van der Waals surface area contributed by atoms with Crippen molar-refractivity contribution in [2.45, 2.75) is 0 Å². The first-order valence-electron chi connectivity index (χ1n) is 37.4. The molecule has 0 radical (unpaired) electrons. The number of nitrogens with zero attached hydrogens (tertiary/aromatic N) is 6. The van der Waals surface area contributed by atoms with Crippen LogP contribution < -0.4 is 0 Å². The van der Waals surface area contributed by atoms with Crippen LogP contribution in [0.25, 0.3) is 219 Å². The lowest BCUT2D eigenvalue weighted by molar-refractivity contribution is 1.31. The third kappa shape index (κ3) is 11.0. The van der Waals surface area contributed by atoms with Gasteiger partial charge in [-0.1, -0.05) is 346 Å². The zero-order valence-corrected chi connectivity index (χ0v) is 59.6. The van der Waals surface area contributed by atoms with Crippen LogP contribution in [-0.4, -0.2) is 29.9 Å². The first-order valence-corrected chi connectivity index (χ1v) is 37.4. The molecule has 0 amide bonds. The molecule has 0 aliphatic carbocycles. The van der Waals surface area contributed by atoms with Crippen molar-refractivity contribution in [3.63, 3.8) is 0 Å². The van der Waals surface area contributed by atoms with Crippen LogP contribution in [-0.2, 0) is 0 Å². The molecule has 3 heterocycles. The van der Waals surface area contributed by atoms with Crippen LogP contribution >= 0.6 is 0 Å². The van der Waals surface area contributed by atoms with E-state index in [-0.39, 0.29) is 0 Å². The molecule has 23 rings (SSSR count). The van der Waals surface area contributed by atoms with E-state index in [1.165, 1.54) is 120 Å². The molecule has 0 spiro atoms. The number of fused-ring (bicyclic) bond motifs is 25. The molecule has 110 heavy (non-hydrogen) atoms. The van der Waals surface area contributed by atoms with Gasteiger partial charge in [0, 0.05) is 49.0 Å². The summed E-state index contributed by atoms with van der Waals surface area (Å²) in [6, 6.07) is 131. The molecule has 510 valence electrons. The third-order valence-corrected chi connectivity index (χ3v) is 22.0. The van der Waals surface area contributed by atoms with Crippen molar-refractivity contribution in [2.24, 2.45) is 0 Å². The van der Waals surface area contributed by atoms with E-state index in [0.717, 1.165) is 99.2 Å². The van der Waals surface area contributed by atoms with Gasteiger partial charge in [-0.25, -0.2) is 15.0 Å². The molecule has 0 aliphatic heterocycles. The van der Waals surface area contributed by atoms with Crippen LogP contribution in [0.1, 0.15) is 0 Å². The second-order valence-electron chi connectivity index (χ2n) is 28.3. The van der Waals surface area contributed by atoms with Gasteiger partial charge in [0.1, 0.15) is 0 Å². The summed E-state index contributed by atoms with van der Waals surface area (Å²) in [4.78, 5) is 30.3. The van der Waals surface area contributed by atoms with Gasteiger partial charge < -0.3 is 0 Å². The van der Waals surface area contributed by atoms with Crippen LogP contribution in [0.4, 0.5) is 0 Å². The first-order chi connectivity index (χ1) is 54.5. The molecule has 0 N–H and O–H groups in total. The Balaban J connectivity index is 0.000000105. The quantitative estimate of drug-likeness (QED) is 0.154. The first kappa shape index (κ1) is 63.7. The van der Waals surface area contributed by atoms with Crippen molar-refractivity contribution in [1.29, 1.82) is 0 Å². The van der Waals surface area contributed by atoms with E-state index in [1.54, 1.807) is 0 Å². The Labute approximate surface area is 633 Å². The van der Waals surface area contributed by atoms with Crippen LogP contribution in [0.5, 0.6) is 0 Å². The largest absolute Gasteiger partial charge is 0.252 e. The summed E-state index contributed by atoms with van der Waals surface area (Å²) >= 11 is 0. The van der Waals surface area contributed by atoms with Gasteiger partial charge in [0.2, 0.25) is 0 Å². The average Bonchev–Trinajstić information content (AvgIpc) is 0.752. The van der Waals surface area contributed by atoms with Crippen molar-refractivity contribution >= 4 is 152 Å². The van der Waals surface area contributed by atoms with E-state index in [2.05, 4.69) is 370 Å². The number of hydrogen-bond acceptors (Lipinski definition) is 6. The van der Waals surface area contributed by atoms with Crippen molar-refractivity contribution < 1.29 is 0 Å². The van der Waals surface area contributed by atoms with Gasteiger partial charge in [0.15, 0.2) is 0 Å². The van der Waals surface area contributed by atoms with Gasteiger partial charge in [0.25, 0.3) is 0 Å². The summed E-state index contributed by atoms with van der Waals surface area (Å²) in [5, 5.41) is 26.7. The molecule has 3 aromatic heterocycles. The molecule has 23 aromatic rings. The van der Waals surface area contributed by atoms with E-state index in [9.17, 15) is 0 Å². The fourth-order valence-electron chi connectivity index (χ4n) is 16.7. The maximum absolute atomic E-state index is 5.21. The lowest BCUT2D eigenvalue weighted by atomic mass is 9.92. The molecule has 0 unspecified atom stereocenters. The van der Waals surface area contributed by atoms with Crippen molar-refractivity contribution in [3.8, 4) is 67.2 Å². The predicted octanol–water partition coefficient (Wildman–Crippen LogP) is 27.6. The average molecular weight is 1400 g/mol. The Morgan fingerprint density at radius 2 is 0.409 bits per heavy atom. The Morgan fingerprint density at radius 3 is 0.809 bits per heavy atom. The Hall–Kier alpha value is -14.7. The van der Waals surface area contributed by atoms with Crippen molar-refractivity contribution in [1.82, 2.24) is 29.9 Å². The highest BCUT2D eigenvalue weighted by Gasteiger charge is 2.19. The zero-order valence-electron chi connectivity index (χ0n) is 59.6. The monoisotopic (exact) mass is 1400 g/mol. The minimum atomic E-state index is 0.880. The fraction of sp³-hybridized carbons (Fsp3) is 0. The van der Waals surface area contributed by atoms with Crippen molar-refractivity contribution in [2.75, 3.05) is 0 Å². The summed E-state index contributed by atoms with van der Waals surface area (Å²) in [5.41, 5.74) is 18.8. The van der Waals surface area contributed by atoms with Gasteiger partial charge in [0.05, 0.1) is 68.8 Å². The van der Waals surface area contributed by atoms with Crippen LogP contribution in [0.3, 0.4) is 0 Å². The van der Waals surface area contributed by atoms with E-state index in [4.69, 9.17) is 29.9 Å². The van der Waals surface area contributed by atoms with Crippen LogP contribution in [0.2, 0.25) is 0 Å². The number of rotatable bonds is 6. The Kier molecular flexibility index (Phi) is 15.5. The van der Waals surface area contributed by atoms with Gasteiger partial charge in [-0.3, -0.25) is 15.0 Å². The molecule has 0 atom stereocenters. The minimum Gasteiger partial charge on any atom is -0.252 e. The smallest absolute Gasteiger partial charge is 0.0979 e. The number of hydrogen-bond donors (Lipinski definition) is 0. The van der Waals surface area contributed by atoms with Gasteiger partial charge in [-0.2, -0.15) is 0 Å². The summed E-state index contributed by atoms with van der Waals surface area (Å²) in [5.74, 6) is 0. The lowest BCUT2D eigenvalue weighted by Gasteiger charge is -2.13. The second kappa shape index (κ2) is 26.7.